The van der Waals surface area contributed by atoms with E-state index in [1.807, 2.05) is 100 Å². The first-order valence-electron chi connectivity index (χ1n) is 27.1. The van der Waals surface area contributed by atoms with Crippen molar-refractivity contribution < 1.29 is 48.2 Å². The van der Waals surface area contributed by atoms with Crippen molar-refractivity contribution in [2.24, 2.45) is 0 Å². The molecule has 0 aliphatic carbocycles. The van der Waals surface area contributed by atoms with Gasteiger partial charge in [0.05, 0.1) is 30.4 Å². The molecular formula is C59H44N4OPt-2. The van der Waals surface area contributed by atoms with E-state index < -0.39 is 55.2 Å². The van der Waals surface area contributed by atoms with Crippen molar-refractivity contribution in [2.45, 2.75) is 33.0 Å². The van der Waals surface area contributed by atoms with Crippen LogP contribution in [0.3, 0.4) is 0 Å². The number of pyridine rings is 1. The Morgan fingerprint density at radius 1 is 0.631 bits per heavy atom. The van der Waals surface area contributed by atoms with Gasteiger partial charge in [-0.3, -0.25) is 4.57 Å². The molecule has 0 radical (unpaired) electrons. The third kappa shape index (κ3) is 7.66. The molecule has 0 N–H and O–H groups in total. The predicted molar refractivity (Wildman–Crippen MR) is 260 cm³/mol. The number of nitrogens with zero attached hydrogens (tertiary/aromatic N) is 4. The van der Waals surface area contributed by atoms with Crippen LogP contribution in [0.15, 0.2) is 194 Å². The minimum absolute atomic E-state index is 0. The maximum atomic E-state index is 9.10. The summed E-state index contributed by atoms with van der Waals surface area (Å²) in [7, 11) is 0. The molecule has 0 atom stereocenters. The number of ether oxygens (including phenoxy) is 1. The molecule has 8 aromatic carbocycles. The molecule has 0 aliphatic rings. The van der Waals surface area contributed by atoms with Gasteiger partial charge in [-0.15, -0.1) is 29.7 Å². The Morgan fingerprint density at radius 3 is 2.08 bits per heavy atom. The van der Waals surface area contributed by atoms with E-state index in [2.05, 4.69) is 56.3 Å². The fraction of sp³-hybridized carbons (Fsp3) is 0.0847. The first-order chi connectivity index (χ1) is 36.6. The van der Waals surface area contributed by atoms with Gasteiger partial charge in [0, 0.05) is 54.0 Å². The van der Waals surface area contributed by atoms with Gasteiger partial charge in [0.25, 0.3) is 6.33 Å². The van der Waals surface area contributed by atoms with E-state index in [-0.39, 0.29) is 72.4 Å². The van der Waals surface area contributed by atoms with Gasteiger partial charge < -0.3 is 13.9 Å². The zero-order valence-corrected chi connectivity index (χ0v) is 37.5. The molecule has 0 saturated heterocycles. The van der Waals surface area contributed by atoms with Gasteiger partial charge in [-0.25, -0.2) is 4.98 Å². The molecule has 6 heteroatoms. The number of fused-ring (bicyclic) bond motifs is 4. The summed E-state index contributed by atoms with van der Waals surface area (Å²) in [5, 5.41) is 1.57. The molecular weight excluding hydrogens is 976 g/mol. The van der Waals surface area contributed by atoms with Gasteiger partial charge >= 0.3 is 0 Å². The van der Waals surface area contributed by atoms with Crippen LogP contribution in [0.5, 0.6) is 11.5 Å². The fourth-order valence-electron chi connectivity index (χ4n) is 8.23. The smallest absolute Gasteiger partial charge is 0.268 e. The zero-order chi connectivity index (χ0) is 54.6. The number of rotatable bonds is 8. The Bertz CT molecular complexity index is 4200. The molecule has 11 rings (SSSR count). The van der Waals surface area contributed by atoms with Crippen LogP contribution in [0.25, 0.3) is 83.4 Å². The first kappa shape index (κ1) is 29.2. The molecule has 0 saturated carbocycles. The molecule has 0 fully saturated rings. The Hall–Kier alpha value is -7.33. The zero-order valence-electron chi connectivity index (χ0n) is 48.2. The summed E-state index contributed by atoms with van der Waals surface area (Å²) in [6.07, 6.45) is 4.79. The van der Waals surface area contributed by atoms with Gasteiger partial charge in [-0.05, 0) is 74.4 Å². The normalized spacial score (nSPS) is 14.6. The summed E-state index contributed by atoms with van der Waals surface area (Å²) < 4.78 is 123. The summed E-state index contributed by atoms with van der Waals surface area (Å²) in [6.45, 7) is 3.61. The molecule has 0 bridgehead atoms. The first-order valence-corrected chi connectivity index (χ1v) is 20.6. The van der Waals surface area contributed by atoms with Crippen LogP contribution in [0.1, 0.15) is 49.7 Å². The molecule has 0 unspecified atom stereocenters. The summed E-state index contributed by atoms with van der Waals surface area (Å²) in [5.74, 6) is 0.776. The topological polar surface area (TPSA) is 35.9 Å². The fourth-order valence-corrected chi connectivity index (χ4v) is 8.23. The quantitative estimate of drug-likeness (QED) is 0.112. The molecule has 11 aromatic rings. The van der Waals surface area contributed by atoms with Crippen LogP contribution in [0.4, 0.5) is 0 Å². The Labute approximate surface area is 412 Å². The third-order valence-corrected chi connectivity index (χ3v) is 11.3. The van der Waals surface area contributed by atoms with Crippen LogP contribution in [-0.2, 0) is 26.5 Å². The molecule has 5 nitrogen and oxygen atoms in total. The molecule has 0 aliphatic heterocycles. The van der Waals surface area contributed by atoms with Gasteiger partial charge in [0.15, 0.2) is 0 Å². The predicted octanol–water partition coefficient (Wildman–Crippen LogP) is 14.2. The number of aromatic nitrogens is 4. The number of hydrogen-bond acceptors (Lipinski definition) is 2. The number of para-hydroxylation sites is 4. The average molecular weight is 1030 g/mol. The van der Waals surface area contributed by atoms with Crippen molar-refractivity contribution >= 4 is 32.8 Å². The van der Waals surface area contributed by atoms with Crippen LogP contribution < -0.4 is 9.30 Å². The van der Waals surface area contributed by atoms with E-state index in [0.717, 1.165) is 27.5 Å². The summed E-state index contributed by atoms with van der Waals surface area (Å²) in [6, 6.07) is 41.1. The molecule has 0 amide bonds. The summed E-state index contributed by atoms with van der Waals surface area (Å²) in [4.78, 5) is 4.68. The third-order valence-electron chi connectivity index (χ3n) is 11.3. The van der Waals surface area contributed by atoms with Crippen molar-refractivity contribution in [1.29, 1.82) is 0 Å². The number of benzene rings is 8. The molecule has 3 heterocycles. The van der Waals surface area contributed by atoms with E-state index in [9.17, 15) is 0 Å². The van der Waals surface area contributed by atoms with Gasteiger partial charge in [-0.2, -0.15) is 18.2 Å². The summed E-state index contributed by atoms with van der Waals surface area (Å²) in [5.41, 5.74) is 5.94. The van der Waals surface area contributed by atoms with Gasteiger partial charge in [-0.1, -0.05) is 172 Å². The maximum absolute atomic E-state index is 9.10. The van der Waals surface area contributed by atoms with Gasteiger partial charge in [0.2, 0.25) is 0 Å². The van der Waals surface area contributed by atoms with E-state index in [4.69, 9.17) is 22.6 Å². The molecule has 65 heavy (non-hydrogen) atoms. The second kappa shape index (κ2) is 17.0. The van der Waals surface area contributed by atoms with Crippen LogP contribution >= 0.6 is 0 Å². The Morgan fingerprint density at radius 2 is 1.31 bits per heavy atom. The monoisotopic (exact) mass is 1030 g/mol. The second-order valence-corrected chi connectivity index (χ2v) is 16.3. The van der Waals surface area contributed by atoms with E-state index in [0.29, 0.717) is 44.8 Å². The summed E-state index contributed by atoms with van der Waals surface area (Å²) >= 11 is 0. The van der Waals surface area contributed by atoms with E-state index in [1.54, 1.807) is 22.8 Å². The van der Waals surface area contributed by atoms with Gasteiger partial charge in [0.1, 0.15) is 5.82 Å². The number of hydrogen-bond donors (Lipinski definition) is 0. The van der Waals surface area contributed by atoms with Crippen molar-refractivity contribution in [3.63, 3.8) is 0 Å². The van der Waals surface area contributed by atoms with E-state index in [1.165, 1.54) is 12.3 Å². The van der Waals surface area contributed by atoms with Crippen molar-refractivity contribution in [1.82, 2.24) is 14.1 Å². The Balaban J connectivity index is 0.00000688. The minimum atomic E-state index is -2.79. The standard InChI is InChI=1S/C59H44N4O.Pt/c1-40-34-57(60-38-52(40)42-20-9-6-10-21-42)63-53-29-12-11-26-50(53)51-33-32-47(37-56(51)63)64-46-25-16-24-45(36-46)61-39-62(55-31-14-13-30-54(55)61)58-48(41-18-7-5-8-19-41)27-17-28-49(58)43-22-15-23-44(35-43)59(2,3)4;/h5-35,38H,1-4H3;/q-2;/i1D3,5D,6D,7D,8D,9D,10D,18D,19D,20D,21D;. The number of imidazole rings is 1. The van der Waals surface area contributed by atoms with Crippen LogP contribution in [0, 0.1) is 25.3 Å². The molecule has 318 valence electrons. The second-order valence-electron chi connectivity index (χ2n) is 16.3. The van der Waals surface area contributed by atoms with Crippen LogP contribution in [0.2, 0.25) is 0 Å². The maximum Gasteiger partial charge on any atom is 0.268 e. The largest absolute Gasteiger partial charge is 0.510 e. The van der Waals surface area contributed by atoms with Crippen LogP contribution in [-0.4, -0.2) is 14.1 Å². The van der Waals surface area contributed by atoms with Crippen molar-refractivity contribution in [2.75, 3.05) is 0 Å². The van der Waals surface area contributed by atoms with Crippen molar-refractivity contribution in [3.05, 3.63) is 224 Å². The SMILES string of the molecule is [2H]c1c([2H])c([2H])c(-c2cnc(-n3c4[c-]c(Oc5[c-]c(-n6[c-][n+](-c7c(-c8cccc(C(C)(C)C)c8)cccc7-c7c([2H])c([2H])c([2H])c([2H])c7[2H])c7ccccc76)ccc5)ccc4c4ccccc43)cc2C([2H])([2H])[2H])c([2H])c1[2H].[Pt]. The average Bonchev–Trinajstić information content (AvgIpc) is 4.18. The Kier molecular flexibility index (Phi) is 7.63. The number of aryl methyl sites for hydroxylation is 1. The molecule has 3 aromatic heterocycles. The molecule has 0 spiro atoms. The minimum Gasteiger partial charge on any atom is -0.510 e. The van der Waals surface area contributed by atoms with E-state index >= 15 is 0 Å². The van der Waals surface area contributed by atoms with Crippen molar-refractivity contribution in [3.8, 4) is 62.1 Å².